The molecule has 0 radical (unpaired) electrons. The normalized spacial score (nSPS) is 13.1. The third-order valence-electron chi connectivity index (χ3n) is 5.60. The number of H-pyrrole nitrogens is 1. The molecule has 9 heteroatoms. The van der Waals surface area contributed by atoms with E-state index >= 15 is 0 Å². The molecule has 1 aromatic carbocycles. The van der Waals surface area contributed by atoms with E-state index in [0.717, 1.165) is 45.3 Å². The van der Waals surface area contributed by atoms with Gasteiger partial charge in [0.05, 0.1) is 22.6 Å². The SMILES string of the molecule is O=c1[nH]c(CSc2nnc(-c3cccs3)n2Cc2ccccc2)nc2sc3c(c12)CCC3. The van der Waals surface area contributed by atoms with Crippen LogP contribution in [0.4, 0.5) is 0 Å². The Kier molecular flexibility index (Phi) is 5.17. The first-order valence-corrected chi connectivity index (χ1v) is 13.1. The van der Waals surface area contributed by atoms with Gasteiger partial charge in [-0.1, -0.05) is 48.2 Å². The molecule has 1 aliphatic carbocycles. The van der Waals surface area contributed by atoms with Crippen LogP contribution in [0.3, 0.4) is 0 Å². The molecular formula is C23H19N5OS3. The standard InChI is InChI=1S/C23H19N5OS3/c29-21-19-15-8-4-9-16(15)32-22(19)25-18(24-21)13-31-23-27-26-20(17-10-5-11-30-17)28(23)12-14-6-2-1-3-7-14/h1-3,5-7,10-11H,4,8-9,12-13H2,(H,24,25,29). The Hall–Kier alpha value is -2.75. The number of hydrogen-bond donors (Lipinski definition) is 1. The fraction of sp³-hybridized carbons (Fsp3) is 0.217. The van der Waals surface area contributed by atoms with Crippen LogP contribution in [-0.2, 0) is 25.1 Å². The monoisotopic (exact) mass is 477 g/mol. The molecule has 1 N–H and O–H groups in total. The maximum absolute atomic E-state index is 12.8. The van der Waals surface area contributed by atoms with Gasteiger partial charge in [0, 0.05) is 4.88 Å². The molecule has 0 fully saturated rings. The summed E-state index contributed by atoms with van der Waals surface area (Å²) in [6, 6.07) is 14.4. The van der Waals surface area contributed by atoms with Crippen molar-refractivity contribution in [3.8, 4) is 10.7 Å². The number of rotatable bonds is 6. The minimum absolute atomic E-state index is 0.0185. The number of aryl methyl sites for hydroxylation is 2. The summed E-state index contributed by atoms with van der Waals surface area (Å²) in [4.78, 5) is 23.8. The molecule has 0 bridgehead atoms. The Balaban J connectivity index is 1.31. The smallest absolute Gasteiger partial charge is 0.259 e. The van der Waals surface area contributed by atoms with Gasteiger partial charge in [-0.2, -0.15) is 0 Å². The summed E-state index contributed by atoms with van der Waals surface area (Å²) in [6.07, 6.45) is 3.19. The lowest BCUT2D eigenvalue weighted by Crippen LogP contribution is -2.11. The molecule has 0 amide bonds. The molecule has 6 nitrogen and oxygen atoms in total. The van der Waals surface area contributed by atoms with E-state index in [9.17, 15) is 4.79 Å². The summed E-state index contributed by atoms with van der Waals surface area (Å²) >= 11 is 4.88. The van der Waals surface area contributed by atoms with Crippen molar-refractivity contribution < 1.29 is 0 Å². The number of benzene rings is 1. The first-order chi connectivity index (χ1) is 15.8. The van der Waals surface area contributed by atoms with E-state index in [4.69, 9.17) is 4.98 Å². The number of aromatic amines is 1. The van der Waals surface area contributed by atoms with Crippen LogP contribution in [0.25, 0.3) is 20.9 Å². The number of nitrogens with one attached hydrogen (secondary N) is 1. The highest BCUT2D eigenvalue weighted by molar-refractivity contribution is 7.98. The summed E-state index contributed by atoms with van der Waals surface area (Å²) in [5, 5.41) is 12.6. The van der Waals surface area contributed by atoms with Crippen molar-refractivity contribution in [3.05, 3.63) is 80.0 Å². The zero-order valence-electron chi connectivity index (χ0n) is 17.1. The molecule has 32 heavy (non-hydrogen) atoms. The van der Waals surface area contributed by atoms with E-state index in [2.05, 4.69) is 37.9 Å². The number of hydrogen-bond acceptors (Lipinski definition) is 7. The van der Waals surface area contributed by atoms with Crippen LogP contribution in [0.5, 0.6) is 0 Å². The number of nitrogens with zero attached hydrogens (tertiary/aromatic N) is 4. The van der Waals surface area contributed by atoms with Gasteiger partial charge in [-0.3, -0.25) is 9.36 Å². The number of fused-ring (bicyclic) bond motifs is 3. The van der Waals surface area contributed by atoms with Crippen LogP contribution in [0, 0.1) is 0 Å². The molecule has 0 saturated carbocycles. The number of thiophene rings is 2. The molecule has 160 valence electrons. The third-order valence-corrected chi connectivity index (χ3v) is 8.63. The summed E-state index contributed by atoms with van der Waals surface area (Å²) in [5.41, 5.74) is 2.38. The van der Waals surface area contributed by atoms with E-state index < -0.39 is 0 Å². The summed E-state index contributed by atoms with van der Waals surface area (Å²) in [7, 11) is 0. The Morgan fingerprint density at radius 1 is 1.09 bits per heavy atom. The zero-order valence-corrected chi connectivity index (χ0v) is 19.5. The second-order valence-corrected chi connectivity index (χ2v) is 10.7. The average molecular weight is 478 g/mol. The van der Waals surface area contributed by atoms with Crippen molar-refractivity contribution in [3.63, 3.8) is 0 Å². The third kappa shape index (κ3) is 3.60. The van der Waals surface area contributed by atoms with Crippen molar-refractivity contribution in [1.29, 1.82) is 0 Å². The first kappa shape index (κ1) is 19.9. The molecule has 0 atom stereocenters. The van der Waals surface area contributed by atoms with Gasteiger partial charge in [0.15, 0.2) is 11.0 Å². The van der Waals surface area contributed by atoms with E-state index in [-0.39, 0.29) is 5.56 Å². The molecule has 6 rings (SSSR count). The van der Waals surface area contributed by atoms with Crippen LogP contribution in [-0.4, -0.2) is 24.7 Å². The predicted octanol–water partition coefficient (Wildman–Crippen LogP) is 5.13. The maximum Gasteiger partial charge on any atom is 0.259 e. The van der Waals surface area contributed by atoms with Gasteiger partial charge < -0.3 is 4.98 Å². The van der Waals surface area contributed by atoms with E-state index in [0.29, 0.717) is 18.1 Å². The van der Waals surface area contributed by atoms with Crippen LogP contribution in [0.2, 0.25) is 0 Å². The predicted molar refractivity (Wildman–Crippen MR) is 131 cm³/mol. The highest BCUT2D eigenvalue weighted by Crippen LogP contribution is 2.35. The first-order valence-electron chi connectivity index (χ1n) is 10.4. The van der Waals surface area contributed by atoms with E-state index in [1.165, 1.54) is 16.0 Å². The van der Waals surface area contributed by atoms with Crippen molar-refractivity contribution in [2.24, 2.45) is 0 Å². The summed E-state index contributed by atoms with van der Waals surface area (Å²) in [6.45, 7) is 0.685. The van der Waals surface area contributed by atoms with Crippen molar-refractivity contribution in [2.75, 3.05) is 0 Å². The summed E-state index contributed by atoms with van der Waals surface area (Å²) in [5.74, 6) is 2.07. The highest BCUT2D eigenvalue weighted by Gasteiger charge is 2.21. The minimum Gasteiger partial charge on any atom is -0.309 e. The maximum atomic E-state index is 12.8. The van der Waals surface area contributed by atoms with Crippen molar-refractivity contribution in [1.82, 2.24) is 24.7 Å². The highest BCUT2D eigenvalue weighted by atomic mass is 32.2. The van der Waals surface area contributed by atoms with Crippen LogP contribution >= 0.6 is 34.4 Å². The van der Waals surface area contributed by atoms with Gasteiger partial charge in [0.2, 0.25) is 0 Å². The van der Waals surface area contributed by atoms with Gasteiger partial charge in [-0.05, 0) is 41.8 Å². The fourth-order valence-electron chi connectivity index (χ4n) is 4.14. The Morgan fingerprint density at radius 2 is 2.00 bits per heavy atom. The minimum atomic E-state index is -0.0185. The lowest BCUT2D eigenvalue weighted by atomic mass is 10.2. The molecule has 0 spiro atoms. The second-order valence-electron chi connectivity index (χ2n) is 7.69. The molecule has 1 aliphatic rings. The van der Waals surface area contributed by atoms with Crippen molar-refractivity contribution >= 4 is 44.7 Å². The molecule has 0 unspecified atom stereocenters. The molecule has 0 saturated heterocycles. The second kappa shape index (κ2) is 8.31. The Morgan fingerprint density at radius 3 is 2.84 bits per heavy atom. The molecular weight excluding hydrogens is 458 g/mol. The number of aromatic nitrogens is 5. The molecule has 4 aromatic heterocycles. The Bertz CT molecular complexity index is 1450. The summed E-state index contributed by atoms with van der Waals surface area (Å²) < 4.78 is 2.14. The van der Waals surface area contributed by atoms with Crippen LogP contribution in [0.1, 0.15) is 28.2 Å². The largest absolute Gasteiger partial charge is 0.309 e. The fourth-order valence-corrected chi connectivity index (χ4v) is 6.95. The van der Waals surface area contributed by atoms with Gasteiger partial charge in [-0.25, -0.2) is 4.98 Å². The number of thioether (sulfide) groups is 1. The Labute approximate surface area is 196 Å². The van der Waals surface area contributed by atoms with Crippen LogP contribution in [0.15, 0.2) is 57.8 Å². The van der Waals surface area contributed by atoms with Gasteiger partial charge in [0.25, 0.3) is 5.56 Å². The molecule has 4 heterocycles. The topological polar surface area (TPSA) is 76.5 Å². The average Bonchev–Trinajstić information content (AvgIpc) is 3.57. The van der Waals surface area contributed by atoms with E-state index in [1.807, 2.05) is 29.6 Å². The molecule has 0 aliphatic heterocycles. The van der Waals surface area contributed by atoms with Crippen molar-refractivity contribution in [2.45, 2.75) is 36.7 Å². The van der Waals surface area contributed by atoms with Gasteiger partial charge in [-0.15, -0.1) is 32.9 Å². The quantitative estimate of drug-likeness (QED) is 0.343. The lowest BCUT2D eigenvalue weighted by molar-refractivity contribution is 0.715. The van der Waals surface area contributed by atoms with Crippen LogP contribution < -0.4 is 5.56 Å². The van der Waals surface area contributed by atoms with E-state index in [1.54, 1.807) is 34.4 Å². The lowest BCUT2D eigenvalue weighted by Gasteiger charge is -2.09. The van der Waals surface area contributed by atoms with Gasteiger partial charge >= 0.3 is 0 Å². The molecule has 5 aromatic rings. The van der Waals surface area contributed by atoms with Gasteiger partial charge in [0.1, 0.15) is 10.7 Å². The zero-order chi connectivity index (χ0) is 21.5.